The number of aromatic amines is 2. The van der Waals surface area contributed by atoms with Crippen LogP contribution >= 0.6 is 0 Å². The summed E-state index contributed by atoms with van der Waals surface area (Å²) in [6, 6.07) is 5.13. The standard InChI is InChI=1S/C29H29N11O7/c1-14-19(36-29(45)39-12-16-17(37-39)5-4-6-21(16)40(46)47)11-33-23(14)27(43)35-20-13-38(3)25(15(20)2)28(44)34-18-7-9-31-24(18)26(42)32-10-8-22(30)41/h4-7,9,11-13,31,33H,8,10H2,1-3H3,(H2,30,41)(H,32,42)(H,34,44)(H,35,43)(H,36,45). The number of nitro groups is 1. The van der Waals surface area contributed by atoms with Crippen molar-refractivity contribution < 1.29 is 28.9 Å². The number of H-pyrrole nitrogens is 2. The third-order valence-electron chi connectivity index (χ3n) is 7.32. The summed E-state index contributed by atoms with van der Waals surface area (Å²) in [5.41, 5.74) is 7.27. The Morgan fingerprint density at radius 3 is 2.38 bits per heavy atom. The van der Waals surface area contributed by atoms with E-state index >= 15 is 0 Å². The molecule has 0 bridgehead atoms. The summed E-state index contributed by atoms with van der Waals surface area (Å²) in [6.45, 7) is 3.29. The number of benzene rings is 1. The molecule has 5 aromatic rings. The molecule has 8 N–H and O–H groups in total. The van der Waals surface area contributed by atoms with Gasteiger partial charge in [-0.3, -0.25) is 29.3 Å². The molecule has 0 aliphatic rings. The van der Waals surface area contributed by atoms with Crippen molar-refractivity contribution in [2.24, 2.45) is 12.8 Å². The molecule has 0 saturated heterocycles. The Balaban J connectivity index is 1.27. The SMILES string of the molecule is Cc1c(NC(=O)n2cc3c([N+](=O)[O-])cccc3n2)c[nH]c1C(=O)Nc1cn(C)c(C(=O)Nc2cc[nH]c2C(=O)NCCC(N)=O)c1C. The fourth-order valence-electron chi connectivity index (χ4n) is 4.94. The van der Waals surface area contributed by atoms with E-state index in [0.29, 0.717) is 16.8 Å². The van der Waals surface area contributed by atoms with Crippen LogP contribution in [0, 0.1) is 24.0 Å². The number of aromatic nitrogens is 5. The summed E-state index contributed by atoms with van der Waals surface area (Å²) < 4.78 is 2.46. The predicted octanol–water partition coefficient (Wildman–Crippen LogP) is 2.75. The van der Waals surface area contributed by atoms with Crippen LogP contribution in [-0.4, -0.2) is 65.4 Å². The molecular weight excluding hydrogens is 614 g/mol. The van der Waals surface area contributed by atoms with Crippen LogP contribution < -0.4 is 27.0 Å². The molecule has 4 aromatic heterocycles. The number of carbonyl (C=O) groups is 5. The van der Waals surface area contributed by atoms with Crippen molar-refractivity contribution in [2.75, 3.05) is 22.5 Å². The number of hydrogen-bond acceptors (Lipinski definition) is 8. The first-order chi connectivity index (χ1) is 22.3. The van der Waals surface area contributed by atoms with Gasteiger partial charge in [-0.2, -0.15) is 9.78 Å². The van der Waals surface area contributed by atoms with Crippen molar-refractivity contribution in [1.82, 2.24) is 29.6 Å². The summed E-state index contributed by atoms with van der Waals surface area (Å²) in [7, 11) is 1.62. The van der Waals surface area contributed by atoms with Crippen LogP contribution in [0.1, 0.15) is 49.0 Å². The first-order valence-electron chi connectivity index (χ1n) is 14.0. The van der Waals surface area contributed by atoms with Crippen molar-refractivity contribution in [1.29, 1.82) is 0 Å². The van der Waals surface area contributed by atoms with E-state index in [0.717, 1.165) is 4.68 Å². The highest BCUT2D eigenvalue weighted by molar-refractivity contribution is 6.11. The summed E-state index contributed by atoms with van der Waals surface area (Å²) >= 11 is 0. The van der Waals surface area contributed by atoms with Crippen LogP contribution in [0.2, 0.25) is 0 Å². The summed E-state index contributed by atoms with van der Waals surface area (Å²) in [5, 5.41) is 26.3. The molecule has 0 saturated carbocycles. The highest BCUT2D eigenvalue weighted by Gasteiger charge is 2.24. The molecule has 1 aromatic carbocycles. The minimum atomic E-state index is -0.701. The van der Waals surface area contributed by atoms with Crippen LogP contribution in [0.25, 0.3) is 10.9 Å². The van der Waals surface area contributed by atoms with E-state index in [1.165, 1.54) is 41.4 Å². The number of nitrogens with one attached hydrogen (secondary N) is 6. The van der Waals surface area contributed by atoms with E-state index in [-0.39, 0.29) is 58.0 Å². The van der Waals surface area contributed by atoms with Crippen LogP contribution in [0.4, 0.5) is 27.5 Å². The third-order valence-corrected chi connectivity index (χ3v) is 7.32. The number of anilines is 3. The molecule has 0 radical (unpaired) electrons. The predicted molar refractivity (Wildman–Crippen MR) is 169 cm³/mol. The average molecular weight is 644 g/mol. The first-order valence-corrected chi connectivity index (χ1v) is 14.0. The number of nitrogens with two attached hydrogens (primary N) is 1. The van der Waals surface area contributed by atoms with Gasteiger partial charge in [0, 0.05) is 55.8 Å². The summed E-state index contributed by atoms with van der Waals surface area (Å²) in [5.74, 6) is -2.21. The molecule has 47 heavy (non-hydrogen) atoms. The first kappa shape index (κ1) is 31.7. The zero-order chi connectivity index (χ0) is 34.0. The second kappa shape index (κ2) is 12.7. The number of carbonyl (C=O) groups excluding carboxylic acids is 5. The molecule has 18 heteroatoms. The molecule has 0 unspecified atom stereocenters. The molecule has 0 fully saturated rings. The van der Waals surface area contributed by atoms with E-state index in [1.807, 2.05) is 0 Å². The second-order valence-electron chi connectivity index (χ2n) is 10.4. The lowest BCUT2D eigenvalue weighted by Gasteiger charge is -2.09. The van der Waals surface area contributed by atoms with Gasteiger partial charge in [0.1, 0.15) is 17.1 Å². The number of primary amides is 1. The molecular formula is C29H29N11O7. The zero-order valence-electron chi connectivity index (χ0n) is 25.3. The highest BCUT2D eigenvalue weighted by atomic mass is 16.6. The minimum absolute atomic E-state index is 0.0309. The van der Waals surface area contributed by atoms with Crippen molar-refractivity contribution in [3.63, 3.8) is 0 Å². The smallest absolute Gasteiger partial charge is 0.346 e. The lowest BCUT2D eigenvalue weighted by molar-refractivity contribution is -0.383. The van der Waals surface area contributed by atoms with Gasteiger partial charge >= 0.3 is 6.03 Å². The minimum Gasteiger partial charge on any atom is -0.370 e. The fraction of sp³-hybridized carbons (Fsp3) is 0.172. The van der Waals surface area contributed by atoms with Crippen LogP contribution in [0.3, 0.4) is 0 Å². The van der Waals surface area contributed by atoms with Gasteiger partial charge in [0.2, 0.25) is 5.91 Å². The topological polar surface area (TPSA) is 257 Å². The number of rotatable bonds is 10. The van der Waals surface area contributed by atoms with Gasteiger partial charge in [-0.05, 0) is 26.0 Å². The molecule has 0 aliphatic heterocycles. The number of nitro benzene ring substituents is 1. The summed E-state index contributed by atoms with van der Waals surface area (Å²) in [4.78, 5) is 79.2. The number of nitrogens with zero attached hydrogens (tertiary/aromatic N) is 4. The molecule has 242 valence electrons. The van der Waals surface area contributed by atoms with E-state index in [4.69, 9.17) is 5.73 Å². The highest BCUT2D eigenvalue weighted by Crippen LogP contribution is 2.27. The van der Waals surface area contributed by atoms with E-state index in [1.54, 1.807) is 33.2 Å². The number of fused-ring (bicyclic) bond motifs is 1. The maximum absolute atomic E-state index is 13.2. The Bertz CT molecular complexity index is 2080. The fourth-order valence-corrected chi connectivity index (χ4v) is 4.94. The largest absolute Gasteiger partial charge is 0.370 e. The third kappa shape index (κ3) is 6.41. The Labute approximate surface area is 264 Å². The molecule has 4 heterocycles. The molecule has 18 nitrogen and oxygen atoms in total. The van der Waals surface area contributed by atoms with Crippen LogP contribution in [0.5, 0.6) is 0 Å². The average Bonchev–Trinajstić information content (AvgIpc) is 3.79. The van der Waals surface area contributed by atoms with Crippen LogP contribution in [0.15, 0.2) is 49.1 Å². The number of aryl methyl sites for hydroxylation is 1. The van der Waals surface area contributed by atoms with Crippen LogP contribution in [-0.2, 0) is 11.8 Å². The van der Waals surface area contributed by atoms with Gasteiger partial charge in [-0.25, -0.2) is 4.79 Å². The molecule has 5 amide bonds. The Hall–Kier alpha value is -6.72. The summed E-state index contributed by atoms with van der Waals surface area (Å²) in [6.07, 6.45) is 5.66. The Morgan fingerprint density at radius 2 is 1.66 bits per heavy atom. The molecule has 0 atom stereocenters. The van der Waals surface area contributed by atoms with Crippen molar-refractivity contribution >= 4 is 63.3 Å². The monoisotopic (exact) mass is 643 g/mol. The zero-order valence-corrected chi connectivity index (χ0v) is 25.3. The lowest BCUT2D eigenvalue weighted by Crippen LogP contribution is -2.29. The number of hydrogen-bond donors (Lipinski definition) is 7. The van der Waals surface area contributed by atoms with Gasteiger partial charge in [0.15, 0.2) is 0 Å². The molecule has 0 spiro atoms. The van der Waals surface area contributed by atoms with E-state index in [9.17, 15) is 34.1 Å². The van der Waals surface area contributed by atoms with Gasteiger partial charge in [0.25, 0.3) is 23.4 Å². The van der Waals surface area contributed by atoms with Crippen molar-refractivity contribution in [3.05, 3.63) is 87.4 Å². The quantitative estimate of drug-likeness (QED) is 0.0877. The Kier molecular flexibility index (Phi) is 8.58. The van der Waals surface area contributed by atoms with Gasteiger partial charge < -0.3 is 41.5 Å². The number of amides is 5. The second-order valence-corrected chi connectivity index (χ2v) is 10.4. The lowest BCUT2D eigenvalue weighted by atomic mass is 10.2. The maximum atomic E-state index is 13.2. The molecule has 0 aliphatic carbocycles. The Morgan fingerprint density at radius 1 is 0.915 bits per heavy atom. The van der Waals surface area contributed by atoms with Gasteiger partial charge in [-0.1, -0.05) is 6.07 Å². The van der Waals surface area contributed by atoms with Gasteiger partial charge in [-0.15, -0.1) is 0 Å². The normalized spacial score (nSPS) is 10.9. The van der Waals surface area contributed by atoms with Gasteiger partial charge in [0.05, 0.1) is 39.1 Å². The number of non-ortho nitro benzene ring substituents is 1. The van der Waals surface area contributed by atoms with E-state index < -0.39 is 34.6 Å². The van der Waals surface area contributed by atoms with E-state index in [2.05, 4.69) is 36.3 Å². The maximum Gasteiger partial charge on any atom is 0.346 e. The van der Waals surface area contributed by atoms with Crippen molar-refractivity contribution in [3.8, 4) is 0 Å². The molecule has 5 rings (SSSR count). The van der Waals surface area contributed by atoms with Crippen molar-refractivity contribution in [2.45, 2.75) is 20.3 Å².